The zero-order chi connectivity index (χ0) is 25.2. The summed E-state index contributed by atoms with van der Waals surface area (Å²) in [6, 6.07) is 11.3. The summed E-state index contributed by atoms with van der Waals surface area (Å²) in [6.07, 6.45) is -0.300. The van der Waals surface area contributed by atoms with Crippen molar-refractivity contribution in [3.05, 3.63) is 42.0 Å². The second-order valence-electron chi connectivity index (χ2n) is 8.42. The van der Waals surface area contributed by atoms with Gasteiger partial charge in [-0.2, -0.15) is 0 Å². The van der Waals surface area contributed by atoms with Crippen LogP contribution >= 0.6 is 0 Å². The van der Waals surface area contributed by atoms with Crippen LogP contribution in [0.4, 0.5) is 0 Å². The van der Waals surface area contributed by atoms with Gasteiger partial charge in [-0.25, -0.2) is 14.8 Å². The van der Waals surface area contributed by atoms with Gasteiger partial charge in [0.2, 0.25) is 0 Å². The lowest BCUT2D eigenvalue weighted by atomic mass is 10.0. The van der Waals surface area contributed by atoms with Crippen LogP contribution in [0.2, 0.25) is 0 Å². The van der Waals surface area contributed by atoms with E-state index < -0.39 is 5.97 Å². The van der Waals surface area contributed by atoms with E-state index in [2.05, 4.69) is 4.90 Å². The fraction of sp³-hybridized carbons (Fsp3) is 0.370. The molecule has 3 aromatic carbocycles. The third-order valence-electron chi connectivity index (χ3n) is 6.41. The standard InChI is InChI=1S/C27H29N3O6/c1-5-35-27(31)21-25-22(28-23-19(32-3)10-11-20(33-4)24(23)29-25)17-8-6-7-9-18(17)26(21)36-16(2)30-12-14-34-15-13-30/h6-11,16H,5,12-15H2,1-4H3. The quantitative estimate of drug-likeness (QED) is 0.214. The van der Waals surface area contributed by atoms with Crippen LogP contribution in [0, 0.1) is 0 Å². The monoisotopic (exact) mass is 491 g/mol. The number of rotatable bonds is 7. The number of esters is 1. The van der Waals surface area contributed by atoms with E-state index in [4.69, 9.17) is 33.7 Å². The predicted octanol–water partition coefficient (Wildman–Crippen LogP) is 4.19. The Bertz CT molecular complexity index is 1430. The molecule has 1 atom stereocenters. The molecule has 1 aromatic heterocycles. The van der Waals surface area contributed by atoms with Gasteiger partial charge >= 0.3 is 5.97 Å². The lowest BCUT2D eigenvalue weighted by Gasteiger charge is -2.33. The number of carbonyl (C=O) groups is 1. The molecule has 188 valence electrons. The molecular weight excluding hydrogens is 462 g/mol. The lowest BCUT2D eigenvalue weighted by molar-refractivity contribution is -0.0371. The number of carbonyl (C=O) groups excluding carboxylic acids is 1. The molecule has 1 aliphatic heterocycles. The van der Waals surface area contributed by atoms with E-state index in [1.165, 1.54) is 0 Å². The van der Waals surface area contributed by atoms with Crippen molar-refractivity contribution in [1.82, 2.24) is 14.9 Å². The number of benzene rings is 3. The normalized spacial score (nSPS) is 15.2. The number of morpholine rings is 1. The molecule has 0 N–H and O–H groups in total. The molecule has 0 aliphatic carbocycles. The third kappa shape index (κ3) is 4.14. The van der Waals surface area contributed by atoms with E-state index in [1.54, 1.807) is 33.3 Å². The SMILES string of the molecule is CCOC(=O)c1c(OC(C)N2CCOCC2)c2ccccc2c2nc3c(OC)ccc(OC)c3nc12. The molecule has 0 bridgehead atoms. The first kappa shape index (κ1) is 24.0. The fourth-order valence-electron chi connectivity index (χ4n) is 4.61. The van der Waals surface area contributed by atoms with Crippen LogP contribution < -0.4 is 14.2 Å². The minimum atomic E-state index is -0.520. The molecule has 1 unspecified atom stereocenters. The van der Waals surface area contributed by atoms with Gasteiger partial charge in [-0.15, -0.1) is 0 Å². The van der Waals surface area contributed by atoms with Crippen molar-refractivity contribution in [1.29, 1.82) is 0 Å². The number of methoxy groups -OCH3 is 2. The van der Waals surface area contributed by atoms with Gasteiger partial charge in [0, 0.05) is 23.9 Å². The highest BCUT2D eigenvalue weighted by molar-refractivity contribution is 6.18. The highest BCUT2D eigenvalue weighted by Crippen LogP contribution is 2.41. The Morgan fingerprint density at radius 1 is 0.944 bits per heavy atom. The predicted molar refractivity (Wildman–Crippen MR) is 136 cm³/mol. The summed E-state index contributed by atoms with van der Waals surface area (Å²) in [5, 5.41) is 1.56. The summed E-state index contributed by atoms with van der Waals surface area (Å²) >= 11 is 0. The van der Waals surface area contributed by atoms with Crippen LogP contribution in [0.25, 0.3) is 32.8 Å². The Morgan fingerprint density at radius 2 is 1.56 bits per heavy atom. The van der Waals surface area contributed by atoms with Gasteiger partial charge in [-0.1, -0.05) is 24.3 Å². The average molecular weight is 492 g/mol. The Kier molecular flexibility index (Phi) is 6.75. The number of ether oxygens (including phenoxy) is 5. The molecule has 9 heteroatoms. The number of hydrogen-bond acceptors (Lipinski definition) is 9. The summed E-state index contributed by atoms with van der Waals surface area (Å²) in [5.41, 5.74) is 2.21. The van der Waals surface area contributed by atoms with Crippen LogP contribution in [-0.2, 0) is 9.47 Å². The Hall–Kier alpha value is -3.69. The zero-order valence-corrected chi connectivity index (χ0v) is 20.9. The molecule has 0 spiro atoms. The molecule has 1 aliphatic rings. The van der Waals surface area contributed by atoms with Crippen molar-refractivity contribution in [2.45, 2.75) is 20.1 Å². The van der Waals surface area contributed by atoms with Crippen molar-refractivity contribution in [2.24, 2.45) is 0 Å². The van der Waals surface area contributed by atoms with E-state index in [0.717, 1.165) is 23.9 Å². The molecule has 2 heterocycles. The average Bonchev–Trinajstić information content (AvgIpc) is 2.92. The molecule has 0 saturated carbocycles. The minimum Gasteiger partial charge on any atom is -0.494 e. The number of hydrogen-bond donors (Lipinski definition) is 0. The summed E-state index contributed by atoms with van der Waals surface area (Å²) in [4.78, 5) is 25.5. The largest absolute Gasteiger partial charge is 0.494 e. The minimum absolute atomic E-state index is 0.212. The van der Waals surface area contributed by atoms with Gasteiger partial charge in [0.05, 0.1) is 39.6 Å². The molecule has 4 aromatic rings. The van der Waals surface area contributed by atoms with Crippen molar-refractivity contribution in [3.63, 3.8) is 0 Å². The van der Waals surface area contributed by atoms with Crippen LogP contribution in [0.5, 0.6) is 17.2 Å². The lowest BCUT2D eigenvalue weighted by Crippen LogP contribution is -2.44. The Morgan fingerprint density at radius 3 is 2.17 bits per heavy atom. The van der Waals surface area contributed by atoms with E-state index >= 15 is 0 Å². The van der Waals surface area contributed by atoms with Crippen molar-refractivity contribution in [2.75, 3.05) is 47.1 Å². The van der Waals surface area contributed by atoms with Gasteiger partial charge in [0.25, 0.3) is 0 Å². The fourth-order valence-corrected chi connectivity index (χ4v) is 4.61. The third-order valence-corrected chi connectivity index (χ3v) is 6.41. The van der Waals surface area contributed by atoms with Crippen molar-refractivity contribution >= 4 is 38.8 Å². The highest BCUT2D eigenvalue weighted by Gasteiger charge is 2.28. The topological polar surface area (TPSA) is 92.2 Å². The number of nitrogens with zero attached hydrogens (tertiary/aromatic N) is 3. The van der Waals surface area contributed by atoms with Gasteiger partial charge in [-0.3, -0.25) is 4.90 Å². The van der Waals surface area contributed by atoms with Gasteiger partial charge in [0.1, 0.15) is 45.6 Å². The maximum absolute atomic E-state index is 13.4. The van der Waals surface area contributed by atoms with Crippen LogP contribution in [-0.4, -0.2) is 74.2 Å². The maximum atomic E-state index is 13.4. The molecule has 0 amide bonds. The Balaban J connectivity index is 1.84. The summed E-state index contributed by atoms with van der Waals surface area (Å²) in [6.45, 7) is 6.70. The zero-order valence-electron chi connectivity index (χ0n) is 20.9. The Labute approximate surface area is 208 Å². The van der Waals surface area contributed by atoms with Gasteiger partial charge in [-0.05, 0) is 26.0 Å². The number of fused-ring (bicyclic) bond motifs is 4. The maximum Gasteiger partial charge on any atom is 0.344 e. The van der Waals surface area contributed by atoms with E-state index in [9.17, 15) is 4.79 Å². The highest BCUT2D eigenvalue weighted by atomic mass is 16.5. The molecule has 36 heavy (non-hydrogen) atoms. The van der Waals surface area contributed by atoms with E-state index in [1.807, 2.05) is 31.2 Å². The molecule has 0 radical (unpaired) electrons. The van der Waals surface area contributed by atoms with E-state index in [-0.39, 0.29) is 18.4 Å². The van der Waals surface area contributed by atoms with Crippen LogP contribution in [0.15, 0.2) is 36.4 Å². The molecule has 1 saturated heterocycles. The molecule has 5 rings (SSSR count). The van der Waals surface area contributed by atoms with Crippen molar-refractivity contribution < 1.29 is 28.5 Å². The summed E-state index contributed by atoms with van der Waals surface area (Å²) < 4.78 is 28.6. The molecule has 1 fully saturated rings. The summed E-state index contributed by atoms with van der Waals surface area (Å²) in [5.74, 6) is 0.981. The second-order valence-corrected chi connectivity index (χ2v) is 8.42. The summed E-state index contributed by atoms with van der Waals surface area (Å²) in [7, 11) is 3.15. The van der Waals surface area contributed by atoms with Gasteiger partial charge < -0.3 is 23.7 Å². The molecule has 9 nitrogen and oxygen atoms in total. The van der Waals surface area contributed by atoms with Gasteiger partial charge in [0.15, 0.2) is 0 Å². The smallest absolute Gasteiger partial charge is 0.344 e. The van der Waals surface area contributed by atoms with Crippen molar-refractivity contribution in [3.8, 4) is 17.2 Å². The van der Waals surface area contributed by atoms with E-state index in [0.29, 0.717) is 52.5 Å². The number of aromatic nitrogens is 2. The van der Waals surface area contributed by atoms with Crippen LogP contribution in [0.1, 0.15) is 24.2 Å². The first-order valence-corrected chi connectivity index (χ1v) is 12.0. The first-order valence-electron chi connectivity index (χ1n) is 12.0. The van der Waals surface area contributed by atoms with Crippen LogP contribution in [0.3, 0.4) is 0 Å². The molecular formula is C27H29N3O6. The second kappa shape index (κ2) is 10.1. The first-order chi connectivity index (χ1) is 17.6.